The van der Waals surface area contributed by atoms with Gasteiger partial charge in [-0.1, -0.05) is 49.6 Å². The van der Waals surface area contributed by atoms with Gasteiger partial charge in [-0.3, -0.25) is 0 Å². The van der Waals surface area contributed by atoms with Crippen molar-refractivity contribution in [2.75, 3.05) is 5.75 Å². The van der Waals surface area contributed by atoms with Crippen molar-refractivity contribution in [3.05, 3.63) is 35.9 Å². The molecule has 0 bridgehead atoms. The Balaban J connectivity index is 2.12. The van der Waals surface area contributed by atoms with Crippen molar-refractivity contribution in [1.82, 2.24) is 0 Å². The summed E-state index contributed by atoms with van der Waals surface area (Å²) < 4.78 is 0. The van der Waals surface area contributed by atoms with Crippen molar-refractivity contribution in [2.45, 2.75) is 56.5 Å². The molecule has 1 aliphatic carbocycles. The van der Waals surface area contributed by atoms with Crippen LogP contribution >= 0.6 is 12.6 Å². The quantitative estimate of drug-likeness (QED) is 0.583. The molecule has 1 saturated carbocycles. The molecule has 1 fully saturated rings. The van der Waals surface area contributed by atoms with Gasteiger partial charge in [-0.2, -0.15) is 12.6 Å². The van der Waals surface area contributed by atoms with Crippen molar-refractivity contribution in [2.24, 2.45) is 0 Å². The predicted octanol–water partition coefficient (Wildman–Crippen LogP) is 4.18. The number of rotatable bonds is 6. The Bertz CT molecular complexity index is 343. The third kappa shape index (κ3) is 3.30. The van der Waals surface area contributed by atoms with E-state index in [0.717, 1.165) is 37.9 Å². The molecule has 18 heavy (non-hydrogen) atoms. The highest BCUT2D eigenvalue weighted by molar-refractivity contribution is 7.80. The highest BCUT2D eigenvalue weighted by Gasteiger charge is 2.39. The molecule has 100 valence electrons. The summed E-state index contributed by atoms with van der Waals surface area (Å²) in [6.45, 7) is 0. The number of benzene rings is 1. The molecular formula is C16H24OS. The fourth-order valence-corrected chi connectivity index (χ4v) is 3.45. The van der Waals surface area contributed by atoms with Crippen LogP contribution in [0.4, 0.5) is 0 Å². The van der Waals surface area contributed by atoms with E-state index < -0.39 is 5.60 Å². The summed E-state index contributed by atoms with van der Waals surface area (Å²) in [6, 6.07) is 10.6. The number of hydrogen-bond donors (Lipinski definition) is 2. The minimum Gasteiger partial charge on any atom is -0.389 e. The fourth-order valence-electron chi connectivity index (χ4n) is 3.23. The second-order valence-electron chi connectivity index (χ2n) is 5.49. The molecule has 1 N–H and O–H groups in total. The van der Waals surface area contributed by atoms with Crippen molar-refractivity contribution in [3.63, 3.8) is 0 Å². The number of hydrogen-bond acceptors (Lipinski definition) is 2. The Morgan fingerprint density at radius 1 is 1.11 bits per heavy atom. The van der Waals surface area contributed by atoms with E-state index in [1.807, 2.05) is 6.07 Å². The molecule has 0 radical (unpaired) electrons. The number of aliphatic hydroxyl groups is 1. The van der Waals surface area contributed by atoms with Gasteiger partial charge < -0.3 is 5.11 Å². The first-order valence-electron chi connectivity index (χ1n) is 7.14. The van der Waals surface area contributed by atoms with E-state index >= 15 is 0 Å². The van der Waals surface area contributed by atoms with E-state index in [-0.39, 0.29) is 0 Å². The molecule has 1 aromatic rings. The normalized spacial score (nSPS) is 19.9. The van der Waals surface area contributed by atoms with E-state index in [4.69, 9.17) is 0 Å². The van der Waals surface area contributed by atoms with Crippen LogP contribution in [0.15, 0.2) is 30.3 Å². The molecule has 0 aliphatic heterocycles. The molecule has 2 heteroatoms. The summed E-state index contributed by atoms with van der Waals surface area (Å²) >= 11 is 4.28. The predicted molar refractivity (Wildman–Crippen MR) is 80.3 cm³/mol. The summed E-state index contributed by atoms with van der Waals surface area (Å²) in [6.07, 6.45) is 7.66. The molecule has 0 saturated heterocycles. The fraction of sp³-hybridized carbons (Fsp3) is 0.625. The van der Waals surface area contributed by atoms with Gasteiger partial charge in [-0.05, 0) is 37.0 Å². The van der Waals surface area contributed by atoms with Crippen molar-refractivity contribution in [3.8, 4) is 0 Å². The van der Waals surface area contributed by atoms with Crippen LogP contribution in [0.2, 0.25) is 0 Å². The zero-order chi connectivity index (χ0) is 12.8. The second-order valence-corrected chi connectivity index (χ2v) is 5.94. The van der Waals surface area contributed by atoms with Crippen LogP contribution in [-0.2, 0) is 0 Å². The Morgan fingerprint density at radius 2 is 1.78 bits per heavy atom. The summed E-state index contributed by atoms with van der Waals surface area (Å²) in [7, 11) is 0. The van der Waals surface area contributed by atoms with Crippen LogP contribution in [0, 0.1) is 0 Å². The first-order valence-corrected chi connectivity index (χ1v) is 7.78. The maximum Gasteiger partial charge on any atom is 0.0716 e. The lowest BCUT2D eigenvalue weighted by molar-refractivity contribution is 0.0150. The average Bonchev–Trinajstić information content (AvgIpc) is 2.83. The molecule has 1 nitrogen and oxygen atoms in total. The first kappa shape index (κ1) is 14.0. The van der Waals surface area contributed by atoms with Gasteiger partial charge in [-0.25, -0.2) is 0 Å². The molecule has 1 aliphatic rings. The molecule has 1 aromatic carbocycles. The highest BCUT2D eigenvalue weighted by Crippen LogP contribution is 2.43. The SMILES string of the molecule is OC1(C(CCCCS)c2ccccc2)CCCC1. The molecule has 2 rings (SSSR count). The maximum atomic E-state index is 10.9. The summed E-state index contributed by atoms with van der Waals surface area (Å²) in [4.78, 5) is 0. The van der Waals surface area contributed by atoms with E-state index in [2.05, 4.69) is 36.9 Å². The smallest absolute Gasteiger partial charge is 0.0716 e. The summed E-state index contributed by atoms with van der Waals surface area (Å²) in [5.41, 5.74) is 0.846. The lowest BCUT2D eigenvalue weighted by Gasteiger charge is -2.33. The van der Waals surface area contributed by atoms with Crippen LogP contribution < -0.4 is 0 Å². The molecule has 1 atom stereocenters. The number of thiol groups is 1. The van der Waals surface area contributed by atoms with Crippen molar-refractivity contribution >= 4 is 12.6 Å². The van der Waals surface area contributed by atoms with Gasteiger partial charge in [0.1, 0.15) is 0 Å². The lowest BCUT2D eigenvalue weighted by atomic mass is 9.78. The molecule has 1 unspecified atom stereocenters. The molecule has 0 spiro atoms. The minimum atomic E-state index is -0.460. The largest absolute Gasteiger partial charge is 0.389 e. The number of unbranched alkanes of at least 4 members (excludes halogenated alkanes) is 1. The zero-order valence-electron chi connectivity index (χ0n) is 11.0. The van der Waals surface area contributed by atoms with Crippen LogP contribution in [-0.4, -0.2) is 16.5 Å². The average molecular weight is 264 g/mol. The highest BCUT2D eigenvalue weighted by atomic mass is 32.1. The van der Waals surface area contributed by atoms with Crippen LogP contribution in [0.25, 0.3) is 0 Å². The van der Waals surface area contributed by atoms with Crippen LogP contribution in [0.1, 0.15) is 56.4 Å². The van der Waals surface area contributed by atoms with Gasteiger partial charge in [0, 0.05) is 5.92 Å². The Morgan fingerprint density at radius 3 is 2.39 bits per heavy atom. The van der Waals surface area contributed by atoms with Gasteiger partial charge in [0.15, 0.2) is 0 Å². The van der Waals surface area contributed by atoms with Gasteiger partial charge in [0.05, 0.1) is 5.60 Å². The van der Waals surface area contributed by atoms with Gasteiger partial charge >= 0.3 is 0 Å². The topological polar surface area (TPSA) is 20.2 Å². The second kappa shape index (κ2) is 6.63. The van der Waals surface area contributed by atoms with E-state index in [0.29, 0.717) is 5.92 Å². The van der Waals surface area contributed by atoms with Crippen LogP contribution in [0.3, 0.4) is 0 Å². The minimum absolute atomic E-state index is 0.307. The molecular weight excluding hydrogens is 240 g/mol. The van der Waals surface area contributed by atoms with E-state index in [1.165, 1.54) is 18.4 Å². The third-order valence-corrected chi connectivity index (χ3v) is 4.54. The summed E-state index contributed by atoms with van der Waals surface area (Å²) in [5, 5.41) is 10.9. The van der Waals surface area contributed by atoms with E-state index in [9.17, 15) is 5.11 Å². The monoisotopic (exact) mass is 264 g/mol. The van der Waals surface area contributed by atoms with Crippen LogP contribution in [0.5, 0.6) is 0 Å². The third-order valence-electron chi connectivity index (χ3n) is 4.22. The van der Waals surface area contributed by atoms with Gasteiger partial charge in [0.25, 0.3) is 0 Å². The Labute approximate surface area is 116 Å². The molecule has 0 aromatic heterocycles. The standard InChI is InChI=1S/C16H24OS/c17-16(11-5-6-12-16)15(10-4-7-13-18)14-8-2-1-3-9-14/h1-3,8-9,15,17-18H,4-7,10-13H2. The molecule has 0 amide bonds. The van der Waals surface area contributed by atoms with Crippen molar-refractivity contribution < 1.29 is 5.11 Å². The summed E-state index contributed by atoms with van der Waals surface area (Å²) in [5.74, 6) is 1.25. The maximum absolute atomic E-state index is 10.9. The van der Waals surface area contributed by atoms with Gasteiger partial charge in [-0.15, -0.1) is 0 Å². The lowest BCUT2D eigenvalue weighted by Crippen LogP contribution is -2.33. The van der Waals surface area contributed by atoms with Gasteiger partial charge in [0.2, 0.25) is 0 Å². The van der Waals surface area contributed by atoms with E-state index in [1.54, 1.807) is 0 Å². The zero-order valence-corrected chi connectivity index (χ0v) is 11.9. The Hall–Kier alpha value is -0.470. The molecule has 0 heterocycles. The Kier molecular flexibility index (Phi) is 5.13. The van der Waals surface area contributed by atoms with Crippen molar-refractivity contribution in [1.29, 1.82) is 0 Å². The first-order chi connectivity index (χ1) is 8.76.